The van der Waals surface area contributed by atoms with Crippen LogP contribution < -0.4 is 5.32 Å². The number of unbranched alkanes of at least 4 members (excludes halogenated alkanes) is 15. The minimum absolute atomic E-state index is 0.0905. The summed E-state index contributed by atoms with van der Waals surface area (Å²) in [6, 6.07) is -0.770. The molecule has 0 spiro atoms. The van der Waals surface area contributed by atoms with Gasteiger partial charge in [0.05, 0.1) is 0 Å². The van der Waals surface area contributed by atoms with Gasteiger partial charge in [0, 0.05) is 6.42 Å². The minimum atomic E-state index is -0.949. The van der Waals surface area contributed by atoms with E-state index >= 15 is 0 Å². The third-order valence-electron chi connectivity index (χ3n) is 5.51. The van der Waals surface area contributed by atoms with Crippen LogP contribution >= 0.6 is 0 Å². The Bertz CT molecular complexity index is 382. The molecule has 0 radical (unpaired) electrons. The lowest BCUT2D eigenvalue weighted by Gasteiger charge is -2.17. The molecule has 0 aromatic carbocycles. The fourth-order valence-electron chi connectivity index (χ4n) is 3.59. The largest absolute Gasteiger partial charge is 0.480 e. The molecular formula is C24H47NO3. The first-order chi connectivity index (χ1) is 13.5. The second kappa shape index (κ2) is 19.3. The summed E-state index contributed by atoms with van der Waals surface area (Å²) >= 11 is 0. The number of carbonyl (C=O) groups excluding carboxylic acids is 1. The zero-order valence-corrected chi connectivity index (χ0v) is 18.9. The van der Waals surface area contributed by atoms with Gasteiger partial charge < -0.3 is 10.4 Å². The number of aliphatic carboxylic acids is 1. The average Bonchev–Trinajstić information content (AvgIpc) is 2.65. The Morgan fingerprint density at radius 2 is 1.04 bits per heavy atom. The van der Waals surface area contributed by atoms with Crippen LogP contribution in [0, 0.1) is 5.92 Å². The molecule has 1 unspecified atom stereocenters. The number of hydrogen-bond acceptors (Lipinski definition) is 2. The van der Waals surface area contributed by atoms with Crippen LogP contribution in [0.1, 0.15) is 130 Å². The van der Waals surface area contributed by atoms with Gasteiger partial charge in [-0.05, 0) is 12.3 Å². The number of nitrogens with one attached hydrogen (secondary N) is 1. The second-order valence-electron chi connectivity index (χ2n) is 8.68. The topological polar surface area (TPSA) is 66.4 Å². The molecule has 1 amide bonds. The van der Waals surface area contributed by atoms with Crippen molar-refractivity contribution in [1.29, 1.82) is 0 Å². The number of amides is 1. The predicted molar refractivity (Wildman–Crippen MR) is 119 cm³/mol. The van der Waals surface area contributed by atoms with Gasteiger partial charge in [0.1, 0.15) is 6.04 Å². The summed E-state index contributed by atoms with van der Waals surface area (Å²) < 4.78 is 0. The third kappa shape index (κ3) is 17.1. The Balaban J connectivity index is 3.33. The molecule has 4 nitrogen and oxygen atoms in total. The third-order valence-corrected chi connectivity index (χ3v) is 5.51. The van der Waals surface area contributed by atoms with Crippen molar-refractivity contribution in [2.75, 3.05) is 0 Å². The van der Waals surface area contributed by atoms with Crippen molar-refractivity contribution < 1.29 is 14.7 Å². The first kappa shape index (κ1) is 26.9. The molecule has 0 aromatic heterocycles. The smallest absolute Gasteiger partial charge is 0.326 e. The van der Waals surface area contributed by atoms with Gasteiger partial charge in [-0.2, -0.15) is 0 Å². The van der Waals surface area contributed by atoms with E-state index in [4.69, 9.17) is 5.11 Å². The average molecular weight is 398 g/mol. The highest BCUT2D eigenvalue weighted by Crippen LogP contribution is 2.14. The quantitative estimate of drug-likeness (QED) is 0.220. The van der Waals surface area contributed by atoms with Gasteiger partial charge in [0.2, 0.25) is 5.91 Å². The molecule has 0 heterocycles. The van der Waals surface area contributed by atoms with Crippen LogP contribution in [0.25, 0.3) is 0 Å². The lowest BCUT2D eigenvalue weighted by Crippen LogP contribution is -2.44. The Hall–Kier alpha value is -1.06. The molecular weight excluding hydrogens is 350 g/mol. The van der Waals surface area contributed by atoms with Gasteiger partial charge in [-0.25, -0.2) is 4.79 Å². The van der Waals surface area contributed by atoms with Crippen molar-refractivity contribution in [3.63, 3.8) is 0 Å². The highest BCUT2D eigenvalue weighted by atomic mass is 16.4. The van der Waals surface area contributed by atoms with Crippen molar-refractivity contribution in [2.24, 2.45) is 5.92 Å². The van der Waals surface area contributed by atoms with Gasteiger partial charge in [-0.1, -0.05) is 117 Å². The first-order valence-electron chi connectivity index (χ1n) is 12.0. The van der Waals surface area contributed by atoms with E-state index in [1.165, 1.54) is 89.9 Å². The summed E-state index contributed by atoms with van der Waals surface area (Å²) in [6.45, 7) is 5.90. The summed E-state index contributed by atoms with van der Waals surface area (Å²) in [5.41, 5.74) is 0. The SMILES string of the molecule is CCCCCCCCCCCCCCCCCCC(=O)NC(C(=O)O)C(C)C. The predicted octanol–water partition coefficient (Wildman–Crippen LogP) is 6.86. The van der Waals surface area contributed by atoms with Crippen LogP contribution in [-0.4, -0.2) is 23.0 Å². The van der Waals surface area contributed by atoms with Crippen molar-refractivity contribution in [3.05, 3.63) is 0 Å². The molecule has 0 aliphatic carbocycles. The van der Waals surface area contributed by atoms with Gasteiger partial charge in [0.15, 0.2) is 0 Å². The summed E-state index contributed by atoms with van der Waals surface area (Å²) in [6.07, 6.45) is 21.4. The van der Waals surface area contributed by atoms with E-state index in [1.807, 2.05) is 13.8 Å². The van der Waals surface area contributed by atoms with Gasteiger partial charge in [-0.15, -0.1) is 0 Å². The highest BCUT2D eigenvalue weighted by Gasteiger charge is 2.22. The Morgan fingerprint density at radius 3 is 1.36 bits per heavy atom. The van der Waals surface area contributed by atoms with Crippen LogP contribution in [0.15, 0.2) is 0 Å². The Morgan fingerprint density at radius 1 is 0.679 bits per heavy atom. The van der Waals surface area contributed by atoms with Gasteiger partial charge in [0.25, 0.3) is 0 Å². The molecule has 0 rings (SSSR count). The van der Waals surface area contributed by atoms with Crippen LogP contribution in [0.5, 0.6) is 0 Å². The lowest BCUT2D eigenvalue weighted by molar-refractivity contribution is -0.143. The van der Waals surface area contributed by atoms with E-state index in [1.54, 1.807) is 0 Å². The van der Waals surface area contributed by atoms with Crippen LogP contribution in [-0.2, 0) is 9.59 Å². The normalized spacial score (nSPS) is 12.3. The lowest BCUT2D eigenvalue weighted by atomic mass is 10.0. The molecule has 28 heavy (non-hydrogen) atoms. The fraction of sp³-hybridized carbons (Fsp3) is 0.917. The number of rotatable bonds is 20. The maximum absolute atomic E-state index is 11.8. The summed E-state index contributed by atoms with van der Waals surface area (Å²) in [5.74, 6) is -1.17. The number of carboxylic acid groups (broad SMARTS) is 1. The number of hydrogen-bond donors (Lipinski definition) is 2. The van der Waals surface area contributed by atoms with Crippen molar-refractivity contribution in [3.8, 4) is 0 Å². The molecule has 1 atom stereocenters. The zero-order chi connectivity index (χ0) is 21.0. The van der Waals surface area contributed by atoms with Crippen molar-refractivity contribution in [2.45, 2.75) is 136 Å². The van der Waals surface area contributed by atoms with Crippen LogP contribution in [0.4, 0.5) is 0 Å². The Labute approximate surface area is 174 Å². The van der Waals surface area contributed by atoms with E-state index in [2.05, 4.69) is 12.2 Å². The molecule has 0 bridgehead atoms. The van der Waals surface area contributed by atoms with E-state index in [9.17, 15) is 9.59 Å². The van der Waals surface area contributed by atoms with E-state index < -0.39 is 12.0 Å². The zero-order valence-electron chi connectivity index (χ0n) is 18.9. The molecule has 0 aromatic rings. The molecule has 0 saturated heterocycles. The molecule has 4 heteroatoms. The van der Waals surface area contributed by atoms with E-state index in [0.717, 1.165) is 12.8 Å². The maximum Gasteiger partial charge on any atom is 0.326 e. The van der Waals surface area contributed by atoms with Crippen LogP contribution in [0.2, 0.25) is 0 Å². The Kier molecular flexibility index (Phi) is 18.5. The molecule has 0 saturated carbocycles. The molecule has 166 valence electrons. The van der Waals surface area contributed by atoms with E-state index in [-0.39, 0.29) is 11.8 Å². The monoisotopic (exact) mass is 397 g/mol. The number of carbonyl (C=O) groups is 2. The second-order valence-corrected chi connectivity index (χ2v) is 8.68. The minimum Gasteiger partial charge on any atom is -0.480 e. The summed E-state index contributed by atoms with van der Waals surface area (Å²) in [7, 11) is 0. The van der Waals surface area contributed by atoms with Crippen molar-refractivity contribution in [1.82, 2.24) is 5.32 Å². The van der Waals surface area contributed by atoms with Crippen molar-refractivity contribution >= 4 is 11.9 Å². The highest BCUT2D eigenvalue weighted by molar-refractivity contribution is 5.83. The maximum atomic E-state index is 11.8. The molecule has 0 fully saturated rings. The van der Waals surface area contributed by atoms with Gasteiger partial charge in [-0.3, -0.25) is 4.79 Å². The standard InChI is InChI=1S/C24H47NO3/c1-4-5-6-7-8-9-10-11-12-13-14-15-16-17-18-19-20-22(26)25-23(21(2)3)24(27)28/h21,23H,4-20H2,1-3H3,(H,25,26)(H,27,28). The fourth-order valence-corrected chi connectivity index (χ4v) is 3.59. The van der Waals surface area contributed by atoms with Crippen LogP contribution in [0.3, 0.4) is 0 Å². The molecule has 0 aliphatic rings. The summed E-state index contributed by atoms with van der Waals surface area (Å²) in [4.78, 5) is 22.9. The molecule has 2 N–H and O–H groups in total. The van der Waals surface area contributed by atoms with E-state index in [0.29, 0.717) is 6.42 Å². The molecule has 0 aliphatic heterocycles. The van der Waals surface area contributed by atoms with Gasteiger partial charge >= 0.3 is 5.97 Å². The summed E-state index contributed by atoms with van der Waals surface area (Å²) in [5, 5.41) is 11.7. The number of carboxylic acids is 1. The first-order valence-corrected chi connectivity index (χ1v) is 12.0.